The third kappa shape index (κ3) is 4.13. The van der Waals surface area contributed by atoms with Gasteiger partial charge in [0.05, 0.1) is 0 Å². The van der Waals surface area contributed by atoms with E-state index in [1.54, 1.807) is 7.74 Å². The van der Waals surface area contributed by atoms with E-state index in [2.05, 4.69) is 121 Å². The first-order chi connectivity index (χ1) is 13.4. The third-order valence-electron chi connectivity index (χ3n) is 5.35. The molecule has 0 fully saturated rings. The first kappa shape index (κ1) is 18.0. The summed E-state index contributed by atoms with van der Waals surface area (Å²) in [7, 11) is 0. The van der Waals surface area contributed by atoms with Crippen LogP contribution in [-0.2, 0) is 26.0 Å². The van der Waals surface area contributed by atoms with Crippen LogP contribution in [0.25, 0.3) is 0 Å². The maximum absolute atomic E-state index is 2.70. The zero-order valence-electron chi connectivity index (χ0n) is 15.5. The van der Waals surface area contributed by atoms with Crippen molar-refractivity contribution < 1.29 is 16.6 Å². The molecule has 0 saturated heterocycles. The van der Waals surface area contributed by atoms with Crippen LogP contribution in [0.4, 0.5) is 0 Å². The van der Waals surface area contributed by atoms with Gasteiger partial charge in [-0.15, -0.1) is 0 Å². The molecule has 4 aromatic rings. The average molecular weight is 384 g/mol. The Bertz CT molecular complexity index is 865. The fourth-order valence-electron chi connectivity index (χ4n) is 4.04. The van der Waals surface area contributed by atoms with E-state index in [0.717, 1.165) is 9.45 Å². The van der Waals surface area contributed by atoms with Crippen LogP contribution in [0, 0.1) is 0 Å². The van der Waals surface area contributed by atoms with Gasteiger partial charge in [-0.3, -0.25) is 0 Å². The van der Waals surface area contributed by atoms with E-state index in [0.29, 0.717) is 0 Å². The predicted octanol–water partition coefficient (Wildman–Crippen LogP) is 5.19. The quantitative estimate of drug-likeness (QED) is 0.401. The average Bonchev–Trinajstić information content (AvgIpc) is 2.76. The Morgan fingerprint density at radius 2 is 0.667 bits per heavy atom. The minimum atomic E-state index is -2.70. The second-order valence-electron chi connectivity index (χ2n) is 7.14. The predicted molar refractivity (Wildman–Crippen MR) is 112 cm³/mol. The molecule has 0 bridgehead atoms. The Morgan fingerprint density at radius 3 is 1.00 bits per heavy atom. The molecule has 0 spiro atoms. The fraction of sp³-hybridized carbons (Fsp3) is 0.0769. The molecule has 27 heavy (non-hydrogen) atoms. The number of hydrogen-bond donors (Lipinski definition) is 0. The van der Waals surface area contributed by atoms with Crippen LogP contribution in [0.15, 0.2) is 121 Å². The molecule has 4 aromatic carbocycles. The molecule has 0 aliphatic heterocycles. The summed E-state index contributed by atoms with van der Waals surface area (Å²) in [6, 6.07) is 44.6. The van der Waals surface area contributed by atoms with E-state index in [9.17, 15) is 0 Å². The number of benzene rings is 4. The summed E-state index contributed by atoms with van der Waals surface area (Å²) < 4.78 is 5.42. The van der Waals surface area contributed by atoms with Crippen LogP contribution in [-0.4, -0.2) is 0 Å². The van der Waals surface area contributed by atoms with Gasteiger partial charge >= 0.3 is 166 Å². The van der Waals surface area contributed by atoms with Gasteiger partial charge in [-0.2, -0.15) is 0 Å². The summed E-state index contributed by atoms with van der Waals surface area (Å²) in [5, 5.41) is 0. The van der Waals surface area contributed by atoms with Crippen molar-refractivity contribution in [2.45, 2.75) is 9.45 Å². The molecule has 0 aliphatic rings. The molecule has 0 unspecified atom stereocenters. The SMILES string of the molecule is c1ccc([CH2][Ti]([CH2]c2ccccc2)([c]2ccccc2)[c]2ccccc2)cc1. The van der Waals surface area contributed by atoms with E-state index >= 15 is 0 Å². The van der Waals surface area contributed by atoms with Crippen molar-refractivity contribution >= 4 is 7.74 Å². The van der Waals surface area contributed by atoms with Gasteiger partial charge in [0, 0.05) is 0 Å². The first-order valence-corrected chi connectivity index (χ1v) is 13.3. The van der Waals surface area contributed by atoms with Gasteiger partial charge in [-0.25, -0.2) is 0 Å². The van der Waals surface area contributed by atoms with Crippen molar-refractivity contribution in [3.63, 3.8) is 0 Å². The zero-order chi connectivity index (χ0) is 18.4. The Hall–Kier alpha value is -2.41. The molecular weight excluding hydrogens is 360 g/mol. The molecule has 0 saturated carbocycles. The molecule has 0 nitrogen and oxygen atoms in total. The summed E-state index contributed by atoms with van der Waals surface area (Å²) in [5.41, 5.74) is 2.89. The van der Waals surface area contributed by atoms with Gasteiger partial charge in [0.15, 0.2) is 0 Å². The maximum atomic E-state index is 2.36. The van der Waals surface area contributed by atoms with E-state index in [1.807, 2.05) is 0 Å². The summed E-state index contributed by atoms with van der Waals surface area (Å²) >= 11 is -2.70. The van der Waals surface area contributed by atoms with Crippen molar-refractivity contribution in [2.24, 2.45) is 0 Å². The van der Waals surface area contributed by atoms with Crippen molar-refractivity contribution in [3.05, 3.63) is 132 Å². The van der Waals surface area contributed by atoms with Crippen LogP contribution in [0.5, 0.6) is 0 Å². The van der Waals surface area contributed by atoms with E-state index in [-0.39, 0.29) is 0 Å². The normalized spacial score (nSPS) is 11.3. The fourth-order valence-corrected chi connectivity index (χ4v) is 11.5. The molecule has 0 radical (unpaired) electrons. The Kier molecular flexibility index (Phi) is 5.68. The second-order valence-corrected chi connectivity index (χ2v) is 13.4. The van der Waals surface area contributed by atoms with Gasteiger partial charge in [0.1, 0.15) is 0 Å². The van der Waals surface area contributed by atoms with Crippen LogP contribution in [0.1, 0.15) is 11.1 Å². The second kappa shape index (κ2) is 8.52. The Morgan fingerprint density at radius 1 is 0.370 bits per heavy atom. The van der Waals surface area contributed by atoms with Crippen molar-refractivity contribution in [2.75, 3.05) is 0 Å². The van der Waals surface area contributed by atoms with Crippen molar-refractivity contribution in [1.29, 1.82) is 0 Å². The standard InChI is InChI=1S/2C7H7.2C6H5.Ti/c2*1-7-5-3-2-4-6-7;2*1-2-4-6-5-3-1;/h2*2-6H,1H2;2*1-5H;. The van der Waals surface area contributed by atoms with Crippen LogP contribution >= 0.6 is 0 Å². The van der Waals surface area contributed by atoms with E-state index in [4.69, 9.17) is 0 Å². The summed E-state index contributed by atoms with van der Waals surface area (Å²) in [6.07, 6.45) is 0. The molecule has 0 atom stereocenters. The molecule has 0 aromatic heterocycles. The zero-order valence-corrected chi connectivity index (χ0v) is 17.0. The Labute approximate surface area is 165 Å². The molecule has 0 heterocycles. The molecule has 1 heteroatoms. The van der Waals surface area contributed by atoms with E-state index in [1.165, 1.54) is 11.1 Å². The topological polar surface area (TPSA) is 0 Å². The van der Waals surface area contributed by atoms with Gasteiger partial charge in [-0.1, -0.05) is 0 Å². The molecule has 0 aliphatic carbocycles. The van der Waals surface area contributed by atoms with E-state index < -0.39 is 16.6 Å². The summed E-state index contributed by atoms with van der Waals surface area (Å²) in [4.78, 5) is 0. The Balaban J connectivity index is 1.90. The monoisotopic (exact) mass is 384 g/mol. The first-order valence-electron chi connectivity index (χ1n) is 9.56. The molecule has 4 rings (SSSR count). The number of hydrogen-bond acceptors (Lipinski definition) is 0. The van der Waals surface area contributed by atoms with Gasteiger partial charge < -0.3 is 0 Å². The third-order valence-corrected chi connectivity index (χ3v) is 13.0. The van der Waals surface area contributed by atoms with Gasteiger partial charge in [0.2, 0.25) is 0 Å². The van der Waals surface area contributed by atoms with Crippen LogP contribution in [0.3, 0.4) is 0 Å². The van der Waals surface area contributed by atoms with Crippen LogP contribution in [0.2, 0.25) is 0 Å². The summed E-state index contributed by atoms with van der Waals surface area (Å²) in [6.45, 7) is 0. The molecular formula is C26H24Ti. The minimum absolute atomic E-state index is 1.16. The molecule has 0 N–H and O–H groups in total. The molecule has 132 valence electrons. The van der Waals surface area contributed by atoms with Crippen molar-refractivity contribution in [3.8, 4) is 0 Å². The molecule has 0 amide bonds. The van der Waals surface area contributed by atoms with Crippen LogP contribution < -0.4 is 7.74 Å². The summed E-state index contributed by atoms with van der Waals surface area (Å²) in [5.74, 6) is 0. The van der Waals surface area contributed by atoms with Gasteiger partial charge in [-0.05, 0) is 0 Å². The number of rotatable bonds is 6. The van der Waals surface area contributed by atoms with Gasteiger partial charge in [0.25, 0.3) is 0 Å². The van der Waals surface area contributed by atoms with Crippen molar-refractivity contribution in [1.82, 2.24) is 0 Å².